The van der Waals surface area contributed by atoms with Gasteiger partial charge in [0.15, 0.2) is 0 Å². The van der Waals surface area contributed by atoms with E-state index < -0.39 is 0 Å². The largest absolute Gasteiger partial charge is 0.375 e. The molecule has 1 fully saturated rings. The van der Waals surface area contributed by atoms with Crippen LogP contribution in [0.2, 0.25) is 0 Å². The second kappa shape index (κ2) is 5.70. The molecule has 1 aliphatic rings. The molecule has 0 saturated carbocycles. The van der Waals surface area contributed by atoms with Gasteiger partial charge in [0.2, 0.25) is 0 Å². The van der Waals surface area contributed by atoms with E-state index in [1.807, 2.05) is 24.3 Å². The Morgan fingerprint density at radius 1 is 1.41 bits per heavy atom. The molecule has 90 valence electrons. The summed E-state index contributed by atoms with van der Waals surface area (Å²) >= 11 is 0. The van der Waals surface area contributed by atoms with Gasteiger partial charge in [-0.3, -0.25) is 0 Å². The van der Waals surface area contributed by atoms with Crippen molar-refractivity contribution in [3.05, 3.63) is 29.8 Å². The molecular formula is C14H19N3. The third-order valence-electron chi connectivity index (χ3n) is 3.47. The van der Waals surface area contributed by atoms with Crippen molar-refractivity contribution in [2.45, 2.75) is 12.8 Å². The van der Waals surface area contributed by atoms with Crippen molar-refractivity contribution in [1.82, 2.24) is 5.32 Å². The van der Waals surface area contributed by atoms with Crippen LogP contribution in [0.15, 0.2) is 24.3 Å². The second-order valence-corrected chi connectivity index (χ2v) is 4.73. The van der Waals surface area contributed by atoms with E-state index in [2.05, 4.69) is 23.3 Å². The number of nitriles is 1. The van der Waals surface area contributed by atoms with Crippen molar-refractivity contribution in [3.8, 4) is 6.07 Å². The standard InChI is InChI=1S/C14H19N3/c1-17(9-7-13-6-8-16-11-13)14-4-2-12(10-15)3-5-14/h2-5,13,16H,6-9,11H2,1H3. The fourth-order valence-electron chi connectivity index (χ4n) is 2.26. The van der Waals surface area contributed by atoms with Crippen LogP contribution in [0.5, 0.6) is 0 Å². The quantitative estimate of drug-likeness (QED) is 0.858. The number of nitrogens with zero attached hydrogens (tertiary/aromatic N) is 2. The van der Waals surface area contributed by atoms with Crippen LogP contribution in [0.1, 0.15) is 18.4 Å². The Bertz CT molecular complexity index is 385. The average molecular weight is 229 g/mol. The minimum absolute atomic E-state index is 0.724. The zero-order chi connectivity index (χ0) is 12.1. The highest BCUT2D eigenvalue weighted by Gasteiger charge is 2.14. The number of nitrogens with one attached hydrogen (secondary N) is 1. The van der Waals surface area contributed by atoms with Crippen LogP contribution in [0.25, 0.3) is 0 Å². The summed E-state index contributed by atoms with van der Waals surface area (Å²) in [4.78, 5) is 2.26. The summed E-state index contributed by atoms with van der Waals surface area (Å²) in [7, 11) is 2.11. The molecule has 0 amide bonds. The van der Waals surface area contributed by atoms with Crippen LogP contribution in [0.4, 0.5) is 5.69 Å². The fraction of sp³-hybridized carbons (Fsp3) is 0.500. The lowest BCUT2D eigenvalue weighted by atomic mass is 10.0. The van der Waals surface area contributed by atoms with Crippen LogP contribution in [0.3, 0.4) is 0 Å². The van der Waals surface area contributed by atoms with Gasteiger partial charge in [0.25, 0.3) is 0 Å². The first-order valence-corrected chi connectivity index (χ1v) is 6.21. The SMILES string of the molecule is CN(CCC1CCNC1)c1ccc(C#N)cc1. The minimum Gasteiger partial charge on any atom is -0.375 e. The number of hydrogen-bond acceptors (Lipinski definition) is 3. The Balaban J connectivity index is 1.85. The van der Waals surface area contributed by atoms with Crippen molar-refractivity contribution >= 4 is 5.69 Å². The lowest BCUT2D eigenvalue weighted by molar-refractivity contribution is 0.533. The number of anilines is 1. The Morgan fingerprint density at radius 3 is 2.76 bits per heavy atom. The molecule has 17 heavy (non-hydrogen) atoms. The molecule has 1 heterocycles. The highest BCUT2D eigenvalue weighted by atomic mass is 15.1. The maximum absolute atomic E-state index is 8.74. The van der Waals surface area contributed by atoms with E-state index >= 15 is 0 Å². The molecule has 3 heteroatoms. The molecule has 0 spiro atoms. The average Bonchev–Trinajstić information content (AvgIpc) is 2.89. The van der Waals surface area contributed by atoms with Gasteiger partial charge in [0.05, 0.1) is 11.6 Å². The topological polar surface area (TPSA) is 39.1 Å². The van der Waals surface area contributed by atoms with Crippen molar-refractivity contribution in [2.24, 2.45) is 5.92 Å². The summed E-state index contributed by atoms with van der Waals surface area (Å²) in [5, 5.41) is 12.1. The maximum Gasteiger partial charge on any atom is 0.0991 e. The first-order chi connectivity index (χ1) is 8.29. The molecule has 0 radical (unpaired) electrons. The van der Waals surface area contributed by atoms with Crippen molar-refractivity contribution < 1.29 is 0 Å². The molecule has 1 saturated heterocycles. The monoisotopic (exact) mass is 229 g/mol. The molecule has 1 aromatic rings. The van der Waals surface area contributed by atoms with E-state index in [0.29, 0.717) is 0 Å². The predicted molar refractivity (Wildman–Crippen MR) is 70.0 cm³/mol. The van der Waals surface area contributed by atoms with Gasteiger partial charge in [0, 0.05) is 19.3 Å². The Labute approximate surface area is 103 Å². The van der Waals surface area contributed by atoms with E-state index in [0.717, 1.165) is 18.0 Å². The lowest BCUT2D eigenvalue weighted by Crippen LogP contribution is -2.21. The molecule has 1 aliphatic heterocycles. The first kappa shape index (κ1) is 11.9. The molecule has 1 unspecified atom stereocenters. The fourth-order valence-corrected chi connectivity index (χ4v) is 2.26. The van der Waals surface area contributed by atoms with Gasteiger partial charge < -0.3 is 10.2 Å². The van der Waals surface area contributed by atoms with Gasteiger partial charge in [-0.05, 0) is 56.1 Å². The molecule has 3 nitrogen and oxygen atoms in total. The molecule has 2 rings (SSSR count). The summed E-state index contributed by atoms with van der Waals surface area (Å²) in [5.41, 5.74) is 1.91. The minimum atomic E-state index is 0.724. The molecular weight excluding hydrogens is 210 g/mol. The van der Waals surface area contributed by atoms with Gasteiger partial charge in [0.1, 0.15) is 0 Å². The highest BCUT2D eigenvalue weighted by Crippen LogP contribution is 2.17. The van der Waals surface area contributed by atoms with Gasteiger partial charge in [-0.15, -0.1) is 0 Å². The van der Waals surface area contributed by atoms with E-state index in [9.17, 15) is 0 Å². The molecule has 1 atom stereocenters. The van der Waals surface area contributed by atoms with Gasteiger partial charge in [-0.2, -0.15) is 5.26 Å². The lowest BCUT2D eigenvalue weighted by Gasteiger charge is -2.21. The highest BCUT2D eigenvalue weighted by molar-refractivity contribution is 5.48. The van der Waals surface area contributed by atoms with E-state index in [1.54, 1.807) is 0 Å². The Morgan fingerprint density at radius 2 is 2.18 bits per heavy atom. The van der Waals surface area contributed by atoms with Crippen molar-refractivity contribution in [3.63, 3.8) is 0 Å². The van der Waals surface area contributed by atoms with E-state index in [-0.39, 0.29) is 0 Å². The number of benzene rings is 1. The summed E-state index contributed by atoms with van der Waals surface area (Å²) in [6, 6.07) is 9.94. The van der Waals surface area contributed by atoms with Crippen LogP contribution in [0, 0.1) is 17.2 Å². The van der Waals surface area contributed by atoms with E-state index in [4.69, 9.17) is 5.26 Å². The van der Waals surface area contributed by atoms with Crippen LogP contribution in [-0.4, -0.2) is 26.7 Å². The smallest absolute Gasteiger partial charge is 0.0991 e. The summed E-state index contributed by atoms with van der Waals surface area (Å²) in [6.07, 6.45) is 2.55. The molecule has 0 aliphatic carbocycles. The van der Waals surface area contributed by atoms with E-state index in [1.165, 1.54) is 31.6 Å². The Hall–Kier alpha value is -1.53. The van der Waals surface area contributed by atoms with Gasteiger partial charge >= 0.3 is 0 Å². The third kappa shape index (κ3) is 3.21. The molecule has 0 aromatic heterocycles. The summed E-state index contributed by atoms with van der Waals surface area (Å²) in [6.45, 7) is 3.42. The Kier molecular flexibility index (Phi) is 4.00. The van der Waals surface area contributed by atoms with Gasteiger partial charge in [-0.25, -0.2) is 0 Å². The van der Waals surface area contributed by atoms with Crippen LogP contribution in [-0.2, 0) is 0 Å². The van der Waals surface area contributed by atoms with Crippen LogP contribution >= 0.6 is 0 Å². The maximum atomic E-state index is 8.74. The predicted octanol–water partition coefficient (Wildman–Crippen LogP) is 1.99. The molecule has 1 N–H and O–H groups in total. The third-order valence-corrected chi connectivity index (χ3v) is 3.47. The van der Waals surface area contributed by atoms with Crippen molar-refractivity contribution in [1.29, 1.82) is 5.26 Å². The zero-order valence-electron chi connectivity index (χ0n) is 10.3. The number of hydrogen-bond donors (Lipinski definition) is 1. The number of rotatable bonds is 4. The normalized spacial score (nSPS) is 18.9. The van der Waals surface area contributed by atoms with Gasteiger partial charge in [-0.1, -0.05) is 0 Å². The van der Waals surface area contributed by atoms with Crippen LogP contribution < -0.4 is 10.2 Å². The first-order valence-electron chi connectivity index (χ1n) is 6.21. The summed E-state index contributed by atoms with van der Waals surface area (Å²) in [5.74, 6) is 0.829. The molecule has 1 aromatic carbocycles. The molecule has 0 bridgehead atoms. The summed E-state index contributed by atoms with van der Waals surface area (Å²) < 4.78 is 0. The second-order valence-electron chi connectivity index (χ2n) is 4.73. The van der Waals surface area contributed by atoms with Crippen molar-refractivity contribution in [2.75, 3.05) is 31.6 Å². The zero-order valence-corrected chi connectivity index (χ0v) is 10.3.